The van der Waals surface area contributed by atoms with Crippen molar-refractivity contribution in [2.75, 3.05) is 0 Å². The van der Waals surface area contributed by atoms with Crippen LogP contribution in [0.4, 0.5) is 0 Å². The second-order valence-electron chi connectivity index (χ2n) is 3.99. The maximum atomic E-state index is 11.1. The van der Waals surface area contributed by atoms with Gasteiger partial charge in [-0.2, -0.15) is 0 Å². The zero-order valence-corrected chi connectivity index (χ0v) is 8.87. The van der Waals surface area contributed by atoms with Crippen molar-refractivity contribution in [3.63, 3.8) is 0 Å². The molecule has 0 amide bonds. The van der Waals surface area contributed by atoms with Gasteiger partial charge in [0.25, 0.3) is 0 Å². The summed E-state index contributed by atoms with van der Waals surface area (Å²) >= 11 is 5.75. The smallest absolute Gasteiger partial charge is 0.311 e. The predicted molar refractivity (Wildman–Crippen MR) is 57.7 cm³/mol. The Morgan fingerprint density at radius 2 is 1.93 bits per heavy atom. The van der Waals surface area contributed by atoms with Crippen molar-refractivity contribution < 1.29 is 9.90 Å². The Labute approximate surface area is 92.8 Å². The van der Waals surface area contributed by atoms with Crippen LogP contribution in [0.25, 0.3) is 0 Å². The highest BCUT2D eigenvalue weighted by molar-refractivity contribution is 6.30. The van der Waals surface area contributed by atoms with E-state index in [4.69, 9.17) is 22.4 Å². The van der Waals surface area contributed by atoms with E-state index in [9.17, 15) is 4.79 Å². The SMILES string of the molecule is NC(c1ccc(Cl)cc1)C1(C(=O)O)CC1. The third kappa shape index (κ3) is 1.73. The minimum atomic E-state index is -0.801. The molecule has 3 N–H and O–H groups in total. The average molecular weight is 226 g/mol. The number of benzene rings is 1. The molecule has 0 heterocycles. The zero-order chi connectivity index (χ0) is 11.1. The number of carboxylic acid groups (broad SMARTS) is 1. The lowest BCUT2D eigenvalue weighted by atomic mass is 9.91. The molecule has 1 aliphatic rings. The molecule has 1 fully saturated rings. The summed E-state index contributed by atoms with van der Waals surface area (Å²) in [6, 6.07) is 6.60. The van der Waals surface area contributed by atoms with Crippen molar-refractivity contribution >= 4 is 17.6 Å². The van der Waals surface area contributed by atoms with Crippen LogP contribution in [0.5, 0.6) is 0 Å². The molecular formula is C11H12ClNO2. The van der Waals surface area contributed by atoms with Gasteiger partial charge in [-0.3, -0.25) is 4.79 Å². The highest BCUT2D eigenvalue weighted by Gasteiger charge is 2.55. The van der Waals surface area contributed by atoms with Crippen LogP contribution in [0.15, 0.2) is 24.3 Å². The fraction of sp³-hybridized carbons (Fsp3) is 0.364. The molecule has 80 valence electrons. The van der Waals surface area contributed by atoms with Crippen LogP contribution in [-0.2, 0) is 4.79 Å². The van der Waals surface area contributed by atoms with Gasteiger partial charge in [-0.25, -0.2) is 0 Å². The molecule has 0 aromatic heterocycles. The van der Waals surface area contributed by atoms with Gasteiger partial charge in [-0.05, 0) is 30.5 Å². The van der Waals surface area contributed by atoms with Crippen molar-refractivity contribution in [1.29, 1.82) is 0 Å². The first-order valence-corrected chi connectivity index (χ1v) is 5.18. The number of carboxylic acids is 1. The summed E-state index contributed by atoms with van der Waals surface area (Å²) in [6.07, 6.45) is 1.32. The summed E-state index contributed by atoms with van der Waals surface area (Å²) in [6.45, 7) is 0. The highest BCUT2D eigenvalue weighted by Crippen LogP contribution is 2.54. The number of carbonyl (C=O) groups is 1. The van der Waals surface area contributed by atoms with Crippen LogP contribution in [0, 0.1) is 5.41 Å². The normalized spacial score (nSPS) is 19.6. The third-order valence-electron chi connectivity index (χ3n) is 3.04. The molecule has 15 heavy (non-hydrogen) atoms. The average Bonchev–Trinajstić information content (AvgIpc) is 2.98. The first-order chi connectivity index (χ1) is 7.06. The Hall–Kier alpha value is -1.06. The number of halogens is 1. The molecule has 0 bridgehead atoms. The van der Waals surface area contributed by atoms with Gasteiger partial charge in [0.15, 0.2) is 0 Å². The summed E-state index contributed by atoms with van der Waals surface area (Å²) in [5.74, 6) is -0.801. The lowest BCUT2D eigenvalue weighted by Gasteiger charge is -2.19. The summed E-state index contributed by atoms with van der Waals surface area (Å²) < 4.78 is 0. The Kier molecular flexibility index (Phi) is 2.44. The van der Waals surface area contributed by atoms with Crippen LogP contribution < -0.4 is 5.73 Å². The van der Waals surface area contributed by atoms with E-state index in [0.717, 1.165) is 5.56 Å². The standard InChI is InChI=1S/C11H12ClNO2/c12-8-3-1-7(2-4-8)9(13)11(5-6-11)10(14)15/h1-4,9H,5-6,13H2,(H,14,15). The first-order valence-electron chi connectivity index (χ1n) is 4.81. The molecule has 3 nitrogen and oxygen atoms in total. The second kappa shape index (κ2) is 3.51. The number of nitrogens with two attached hydrogens (primary N) is 1. The molecule has 0 aliphatic heterocycles. The van der Waals surface area contributed by atoms with Crippen LogP contribution in [0.1, 0.15) is 24.4 Å². The summed E-state index contributed by atoms with van der Waals surface area (Å²) in [7, 11) is 0. The van der Waals surface area contributed by atoms with E-state index in [1.165, 1.54) is 0 Å². The van der Waals surface area contributed by atoms with Gasteiger partial charge in [0.2, 0.25) is 0 Å². The topological polar surface area (TPSA) is 63.3 Å². The van der Waals surface area contributed by atoms with E-state index < -0.39 is 17.4 Å². The Bertz CT molecular complexity index is 384. The van der Waals surface area contributed by atoms with E-state index in [1.807, 2.05) is 0 Å². The van der Waals surface area contributed by atoms with Crippen LogP contribution in [0.2, 0.25) is 5.02 Å². The predicted octanol–water partition coefficient (Wildman–Crippen LogP) is 2.20. The molecule has 0 saturated heterocycles. The summed E-state index contributed by atoms with van der Waals surface area (Å²) in [5.41, 5.74) is 6.05. The first kappa shape index (κ1) is 10.5. The fourth-order valence-corrected chi connectivity index (χ4v) is 1.91. The largest absolute Gasteiger partial charge is 0.481 e. The molecule has 1 aliphatic carbocycles. The van der Waals surface area contributed by atoms with E-state index in [2.05, 4.69) is 0 Å². The van der Waals surface area contributed by atoms with Crippen LogP contribution in [0.3, 0.4) is 0 Å². The lowest BCUT2D eigenvalue weighted by molar-refractivity contribution is -0.144. The zero-order valence-electron chi connectivity index (χ0n) is 8.11. The molecular weight excluding hydrogens is 214 g/mol. The van der Waals surface area contributed by atoms with E-state index in [-0.39, 0.29) is 0 Å². The van der Waals surface area contributed by atoms with E-state index >= 15 is 0 Å². The molecule has 1 unspecified atom stereocenters. The number of rotatable bonds is 3. The van der Waals surface area contributed by atoms with Crippen molar-refractivity contribution in [3.05, 3.63) is 34.9 Å². The monoisotopic (exact) mass is 225 g/mol. The van der Waals surface area contributed by atoms with Crippen LogP contribution >= 0.6 is 11.6 Å². The van der Waals surface area contributed by atoms with E-state index in [0.29, 0.717) is 17.9 Å². The quantitative estimate of drug-likeness (QED) is 0.829. The minimum Gasteiger partial charge on any atom is -0.481 e. The Morgan fingerprint density at radius 3 is 2.33 bits per heavy atom. The van der Waals surface area contributed by atoms with Gasteiger partial charge in [-0.1, -0.05) is 23.7 Å². The number of hydrogen-bond acceptors (Lipinski definition) is 2. The number of hydrogen-bond donors (Lipinski definition) is 2. The molecule has 0 radical (unpaired) electrons. The molecule has 0 spiro atoms. The van der Waals surface area contributed by atoms with Crippen molar-refractivity contribution in [3.8, 4) is 0 Å². The molecule has 1 aromatic carbocycles. The Morgan fingerprint density at radius 1 is 1.40 bits per heavy atom. The van der Waals surface area contributed by atoms with Crippen molar-refractivity contribution in [2.24, 2.45) is 11.1 Å². The molecule has 1 saturated carbocycles. The summed E-state index contributed by atoms with van der Waals surface area (Å²) in [5, 5.41) is 9.71. The van der Waals surface area contributed by atoms with Crippen molar-refractivity contribution in [1.82, 2.24) is 0 Å². The molecule has 1 aromatic rings. The lowest BCUT2D eigenvalue weighted by Crippen LogP contribution is -2.29. The molecule has 1 atom stereocenters. The molecule has 4 heteroatoms. The van der Waals surface area contributed by atoms with Gasteiger partial charge in [-0.15, -0.1) is 0 Å². The fourth-order valence-electron chi connectivity index (χ4n) is 1.78. The summed E-state index contributed by atoms with van der Waals surface area (Å²) in [4.78, 5) is 11.1. The molecule has 2 rings (SSSR count). The van der Waals surface area contributed by atoms with Gasteiger partial charge in [0, 0.05) is 11.1 Å². The van der Waals surface area contributed by atoms with Gasteiger partial charge in [0.05, 0.1) is 5.41 Å². The minimum absolute atomic E-state index is 0.438. The van der Waals surface area contributed by atoms with E-state index in [1.54, 1.807) is 24.3 Å². The third-order valence-corrected chi connectivity index (χ3v) is 3.29. The van der Waals surface area contributed by atoms with Crippen LogP contribution in [-0.4, -0.2) is 11.1 Å². The Balaban J connectivity index is 2.25. The second-order valence-corrected chi connectivity index (χ2v) is 4.43. The van der Waals surface area contributed by atoms with Gasteiger partial charge < -0.3 is 10.8 Å². The van der Waals surface area contributed by atoms with Gasteiger partial charge >= 0.3 is 5.97 Å². The number of aliphatic carboxylic acids is 1. The maximum absolute atomic E-state index is 11.1. The van der Waals surface area contributed by atoms with Gasteiger partial charge in [0.1, 0.15) is 0 Å². The highest BCUT2D eigenvalue weighted by atomic mass is 35.5. The maximum Gasteiger partial charge on any atom is 0.311 e. The van der Waals surface area contributed by atoms with Crippen molar-refractivity contribution in [2.45, 2.75) is 18.9 Å².